The summed E-state index contributed by atoms with van der Waals surface area (Å²) in [4.78, 5) is 25.8. The molecule has 3 N–H and O–H groups in total. The Morgan fingerprint density at radius 3 is 1.62 bits per heavy atom. The maximum absolute atomic E-state index is 12.7. The largest absolute Gasteiger partial charge is 0.535 e. The highest BCUT2D eigenvalue weighted by Crippen LogP contribution is 2.07. The van der Waals surface area contributed by atoms with E-state index in [0.29, 0.717) is 0 Å². The maximum atomic E-state index is 12.7. The molecule has 0 aliphatic rings. The normalized spacial score (nSPS) is 11.8. The Balaban J connectivity index is 3.38. The van der Waals surface area contributed by atoms with Gasteiger partial charge in [-0.15, -0.1) is 0 Å². The van der Waals surface area contributed by atoms with Gasteiger partial charge in [-0.25, -0.2) is 13.2 Å². The van der Waals surface area contributed by atoms with Crippen LogP contribution in [0.5, 0.6) is 0 Å². The van der Waals surface area contributed by atoms with Crippen molar-refractivity contribution in [2.45, 2.75) is 0 Å². The second kappa shape index (κ2) is 3.11. The van der Waals surface area contributed by atoms with Crippen molar-refractivity contribution < 1.29 is 27.6 Å². The van der Waals surface area contributed by atoms with Crippen LogP contribution in [0, 0.1) is 17.5 Å². The van der Waals surface area contributed by atoms with Crippen molar-refractivity contribution in [2.24, 2.45) is 0 Å². The fourth-order valence-corrected chi connectivity index (χ4v) is 1.65. The van der Waals surface area contributed by atoms with Crippen molar-refractivity contribution in [1.29, 1.82) is 0 Å². The first-order valence-electron chi connectivity index (χ1n) is 3.14. The first kappa shape index (κ1) is 10.2. The zero-order valence-corrected chi connectivity index (χ0v) is 7.13. The van der Waals surface area contributed by atoms with E-state index in [2.05, 4.69) is 0 Å². The number of hydrogen-bond donors (Lipinski definition) is 3. The molecule has 0 unspecified atom stereocenters. The number of rotatable bonds is 1. The molecule has 0 fully saturated rings. The lowest BCUT2D eigenvalue weighted by Crippen LogP contribution is -2.52. The molecule has 1 aromatic carbocycles. The molecule has 0 atom stereocenters. The Morgan fingerprint density at radius 2 is 1.31 bits per heavy atom. The standard InChI is InChI=1S/C6H5F3O3Si/c7-3-1-4(8)6(5(9)2-3)13(10,11)12/h1-2,10-12H. The lowest BCUT2D eigenvalue weighted by molar-refractivity contribution is 0.246. The van der Waals surface area contributed by atoms with Crippen molar-refractivity contribution >= 4 is 14.0 Å². The van der Waals surface area contributed by atoms with Crippen LogP contribution in [0.4, 0.5) is 13.2 Å². The molecule has 0 aromatic heterocycles. The van der Waals surface area contributed by atoms with Gasteiger partial charge in [0.05, 0.1) is 5.19 Å². The fraction of sp³-hybridized carbons (Fsp3) is 0. The van der Waals surface area contributed by atoms with E-state index in [1.807, 2.05) is 0 Å². The van der Waals surface area contributed by atoms with Gasteiger partial charge < -0.3 is 14.4 Å². The van der Waals surface area contributed by atoms with Gasteiger partial charge in [-0.2, -0.15) is 0 Å². The summed E-state index contributed by atoms with van der Waals surface area (Å²) in [6.45, 7) is 0. The molecule has 1 aromatic rings. The third-order valence-electron chi connectivity index (χ3n) is 1.34. The van der Waals surface area contributed by atoms with Crippen LogP contribution in [0.15, 0.2) is 12.1 Å². The van der Waals surface area contributed by atoms with Gasteiger partial charge in [-0.05, 0) is 0 Å². The summed E-state index contributed by atoms with van der Waals surface area (Å²) in [5.41, 5.74) is 0. The molecule has 0 bridgehead atoms. The summed E-state index contributed by atoms with van der Waals surface area (Å²) in [5.74, 6) is -4.23. The molecule has 1 rings (SSSR count). The molecule has 0 aliphatic carbocycles. The van der Waals surface area contributed by atoms with E-state index in [0.717, 1.165) is 0 Å². The SMILES string of the molecule is O[Si](O)(O)c1c(F)cc(F)cc1F. The van der Waals surface area contributed by atoms with E-state index in [9.17, 15) is 13.2 Å². The van der Waals surface area contributed by atoms with E-state index >= 15 is 0 Å². The summed E-state index contributed by atoms with van der Waals surface area (Å²) in [6, 6.07) is 0.506. The summed E-state index contributed by atoms with van der Waals surface area (Å²) in [5, 5.41) is -1.27. The van der Waals surface area contributed by atoms with Crippen molar-refractivity contribution in [2.75, 3.05) is 0 Å². The lowest BCUT2D eigenvalue weighted by atomic mass is 10.3. The van der Waals surface area contributed by atoms with E-state index in [4.69, 9.17) is 14.4 Å². The Labute approximate surface area is 72.1 Å². The van der Waals surface area contributed by atoms with Crippen LogP contribution in [-0.2, 0) is 0 Å². The summed E-state index contributed by atoms with van der Waals surface area (Å²) < 4.78 is 37.7. The molecule has 0 saturated heterocycles. The predicted molar refractivity (Wildman–Crippen MR) is 38.4 cm³/mol. The highest BCUT2D eigenvalue weighted by atomic mass is 28.4. The molecule has 13 heavy (non-hydrogen) atoms. The van der Waals surface area contributed by atoms with Gasteiger partial charge in [-0.1, -0.05) is 0 Å². The van der Waals surface area contributed by atoms with Gasteiger partial charge in [-0.3, -0.25) is 0 Å². The van der Waals surface area contributed by atoms with Crippen LogP contribution in [0.3, 0.4) is 0 Å². The molecular formula is C6H5F3O3Si. The Hall–Kier alpha value is -0.893. The van der Waals surface area contributed by atoms with Gasteiger partial charge in [0.1, 0.15) is 17.5 Å². The first-order valence-corrected chi connectivity index (χ1v) is 4.98. The highest BCUT2D eigenvalue weighted by Gasteiger charge is 2.37. The van der Waals surface area contributed by atoms with Crippen molar-refractivity contribution in [3.05, 3.63) is 29.6 Å². The van der Waals surface area contributed by atoms with E-state index in [1.54, 1.807) is 0 Å². The number of halogens is 3. The van der Waals surface area contributed by atoms with Gasteiger partial charge in [0.2, 0.25) is 0 Å². The van der Waals surface area contributed by atoms with E-state index in [-0.39, 0.29) is 12.1 Å². The van der Waals surface area contributed by atoms with Gasteiger partial charge in [0.25, 0.3) is 0 Å². The Bertz CT molecular complexity index is 313. The highest BCUT2D eigenvalue weighted by molar-refractivity contribution is 6.71. The van der Waals surface area contributed by atoms with E-state index in [1.165, 1.54) is 0 Å². The third-order valence-corrected chi connectivity index (χ3v) is 2.49. The smallest absolute Gasteiger partial charge is 0.386 e. The maximum Gasteiger partial charge on any atom is 0.535 e. The lowest BCUT2D eigenvalue weighted by Gasteiger charge is -2.11. The zero-order valence-electron chi connectivity index (χ0n) is 6.13. The van der Waals surface area contributed by atoms with Crippen molar-refractivity contribution in [3.8, 4) is 0 Å². The topological polar surface area (TPSA) is 60.7 Å². The van der Waals surface area contributed by atoms with Crippen LogP contribution < -0.4 is 5.19 Å². The Kier molecular flexibility index (Phi) is 2.44. The minimum atomic E-state index is -5.06. The van der Waals surface area contributed by atoms with Crippen LogP contribution in [0.2, 0.25) is 0 Å². The minimum Gasteiger partial charge on any atom is -0.386 e. The second-order valence-electron chi connectivity index (χ2n) is 2.38. The molecule has 0 heterocycles. The van der Waals surface area contributed by atoms with E-state index < -0.39 is 31.4 Å². The zero-order chi connectivity index (χ0) is 10.2. The molecule has 0 aliphatic heterocycles. The van der Waals surface area contributed by atoms with Crippen LogP contribution in [0.25, 0.3) is 0 Å². The average molecular weight is 210 g/mol. The molecule has 0 spiro atoms. The van der Waals surface area contributed by atoms with Crippen molar-refractivity contribution in [1.82, 2.24) is 0 Å². The van der Waals surface area contributed by atoms with Crippen LogP contribution >= 0.6 is 0 Å². The molecule has 0 radical (unpaired) electrons. The minimum absolute atomic E-state index is 0.253. The Morgan fingerprint density at radius 1 is 0.923 bits per heavy atom. The van der Waals surface area contributed by atoms with Crippen LogP contribution in [0.1, 0.15) is 0 Å². The first-order chi connectivity index (χ1) is 5.82. The summed E-state index contributed by atoms with van der Waals surface area (Å²) in [7, 11) is -5.06. The monoisotopic (exact) mass is 210 g/mol. The summed E-state index contributed by atoms with van der Waals surface area (Å²) >= 11 is 0. The molecule has 0 amide bonds. The molecule has 0 saturated carbocycles. The van der Waals surface area contributed by atoms with Gasteiger partial charge >= 0.3 is 8.80 Å². The fourth-order valence-electron chi connectivity index (χ4n) is 0.863. The van der Waals surface area contributed by atoms with Crippen molar-refractivity contribution in [3.63, 3.8) is 0 Å². The summed E-state index contributed by atoms with van der Waals surface area (Å²) in [6.07, 6.45) is 0. The molecule has 72 valence electrons. The average Bonchev–Trinajstić information content (AvgIpc) is 1.78. The molecule has 3 nitrogen and oxygen atoms in total. The third kappa shape index (κ3) is 2.07. The number of hydrogen-bond acceptors (Lipinski definition) is 3. The molecular weight excluding hydrogens is 205 g/mol. The predicted octanol–water partition coefficient (Wildman–Crippen LogP) is -0.773. The molecule has 7 heteroatoms. The number of benzene rings is 1. The quantitative estimate of drug-likeness (QED) is 0.533. The van der Waals surface area contributed by atoms with Gasteiger partial charge in [0.15, 0.2) is 0 Å². The second-order valence-corrected chi connectivity index (χ2v) is 4.15. The van der Waals surface area contributed by atoms with Gasteiger partial charge in [0, 0.05) is 12.1 Å². The van der Waals surface area contributed by atoms with Crippen LogP contribution in [-0.4, -0.2) is 23.2 Å².